The van der Waals surface area contributed by atoms with E-state index in [2.05, 4.69) is 6.07 Å². The van der Waals surface area contributed by atoms with Gasteiger partial charge in [-0.15, -0.1) is 0 Å². The molecule has 1 rings (SSSR count). The first-order valence-electron chi connectivity index (χ1n) is 4.37. The third-order valence-electron chi connectivity index (χ3n) is 2.30. The Bertz CT molecular complexity index is 342. The lowest BCUT2D eigenvalue weighted by molar-refractivity contribution is 0.100. The highest BCUT2D eigenvalue weighted by molar-refractivity contribution is 5.99. The van der Waals surface area contributed by atoms with Crippen LogP contribution < -0.4 is 5.73 Å². The maximum absolute atomic E-state index is 11.4. The predicted octanol–water partition coefficient (Wildman–Crippen LogP) is 1.75. The maximum Gasteiger partial charge on any atom is 0.176 e. The summed E-state index contributed by atoms with van der Waals surface area (Å²) in [5.74, 6) is 0.0179. The number of benzene rings is 1. The monoisotopic (exact) mass is 177 g/mol. The van der Waals surface area contributed by atoms with Gasteiger partial charge in [0.15, 0.2) is 5.78 Å². The van der Waals surface area contributed by atoms with Gasteiger partial charge in [-0.3, -0.25) is 4.79 Å². The van der Waals surface area contributed by atoms with E-state index in [1.807, 2.05) is 26.8 Å². The number of Topliss-reactive ketones (excluding diaryl/α,β-unsaturated/α-hetero) is 1. The molecule has 0 heterocycles. The van der Waals surface area contributed by atoms with Crippen molar-refractivity contribution in [2.24, 2.45) is 5.73 Å². The Labute approximate surface area is 78.8 Å². The molecule has 0 aliphatic carbocycles. The molecule has 2 N–H and O–H groups in total. The molecule has 0 bridgehead atoms. The molecule has 0 atom stereocenters. The van der Waals surface area contributed by atoms with Crippen LogP contribution in [0.2, 0.25) is 0 Å². The number of ketones is 1. The molecule has 0 aliphatic heterocycles. The van der Waals surface area contributed by atoms with Crippen molar-refractivity contribution in [1.82, 2.24) is 0 Å². The van der Waals surface area contributed by atoms with Crippen molar-refractivity contribution in [3.8, 4) is 0 Å². The van der Waals surface area contributed by atoms with Gasteiger partial charge < -0.3 is 5.73 Å². The molecule has 0 saturated carbocycles. The highest BCUT2D eigenvalue weighted by Gasteiger charge is 2.08. The second-order valence-electron chi connectivity index (χ2n) is 3.38. The molecule has 0 fully saturated rings. The van der Waals surface area contributed by atoms with E-state index in [0.29, 0.717) is 0 Å². The van der Waals surface area contributed by atoms with Crippen molar-refractivity contribution >= 4 is 5.78 Å². The van der Waals surface area contributed by atoms with Crippen molar-refractivity contribution in [2.75, 3.05) is 6.54 Å². The van der Waals surface area contributed by atoms with E-state index in [4.69, 9.17) is 5.73 Å². The fourth-order valence-electron chi connectivity index (χ4n) is 1.44. The number of hydrogen-bond acceptors (Lipinski definition) is 2. The Morgan fingerprint density at radius 2 is 1.92 bits per heavy atom. The van der Waals surface area contributed by atoms with Crippen LogP contribution in [0.25, 0.3) is 0 Å². The standard InChI is InChI=1S/C11H15NO/c1-7-4-8(2)9(3)10(5-7)11(13)6-12/h4-5H,6,12H2,1-3H3. The first-order valence-corrected chi connectivity index (χ1v) is 4.37. The highest BCUT2D eigenvalue weighted by Crippen LogP contribution is 2.15. The molecule has 2 nitrogen and oxygen atoms in total. The average molecular weight is 177 g/mol. The molecular formula is C11H15NO. The van der Waals surface area contributed by atoms with E-state index in [0.717, 1.165) is 22.3 Å². The van der Waals surface area contributed by atoms with Gasteiger partial charge in [-0.05, 0) is 38.0 Å². The van der Waals surface area contributed by atoms with Crippen molar-refractivity contribution in [3.63, 3.8) is 0 Å². The summed E-state index contributed by atoms with van der Waals surface area (Å²) in [4.78, 5) is 11.4. The number of hydrogen-bond donors (Lipinski definition) is 1. The summed E-state index contributed by atoms with van der Waals surface area (Å²) in [7, 11) is 0. The van der Waals surface area contributed by atoms with Gasteiger partial charge in [0.1, 0.15) is 0 Å². The van der Waals surface area contributed by atoms with Gasteiger partial charge in [0.25, 0.3) is 0 Å². The number of carbonyl (C=O) groups is 1. The van der Waals surface area contributed by atoms with Gasteiger partial charge in [-0.2, -0.15) is 0 Å². The molecule has 0 amide bonds. The van der Waals surface area contributed by atoms with Crippen molar-refractivity contribution in [2.45, 2.75) is 20.8 Å². The Morgan fingerprint density at radius 1 is 1.31 bits per heavy atom. The van der Waals surface area contributed by atoms with Gasteiger partial charge in [0.2, 0.25) is 0 Å². The largest absolute Gasteiger partial charge is 0.324 e. The van der Waals surface area contributed by atoms with Crippen molar-refractivity contribution in [3.05, 3.63) is 34.4 Å². The normalized spacial score (nSPS) is 10.2. The van der Waals surface area contributed by atoms with E-state index < -0.39 is 0 Å². The summed E-state index contributed by atoms with van der Waals surface area (Å²) in [5.41, 5.74) is 9.39. The summed E-state index contributed by atoms with van der Waals surface area (Å²) in [5, 5.41) is 0. The maximum atomic E-state index is 11.4. The van der Waals surface area contributed by atoms with Crippen LogP contribution in [0.5, 0.6) is 0 Å². The fraction of sp³-hybridized carbons (Fsp3) is 0.364. The zero-order valence-electron chi connectivity index (χ0n) is 8.35. The number of aryl methyl sites for hydroxylation is 2. The SMILES string of the molecule is Cc1cc(C)c(C)c(C(=O)CN)c1. The summed E-state index contributed by atoms with van der Waals surface area (Å²) in [6, 6.07) is 3.97. The number of rotatable bonds is 2. The Kier molecular flexibility index (Phi) is 2.83. The first kappa shape index (κ1) is 9.93. The third kappa shape index (κ3) is 1.95. The van der Waals surface area contributed by atoms with E-state index in [1.54, 1.807) is 0 Å². The van der Waals surface area contributed by atoms with E-state index in [-0.39, 0.29) is 12.3 Å². The van der Waals surface area contributed by atoms with Crippen molar-refractivity contribution < 1.29 is 4.79 Å². The molecule has 0 spiro atoms. The zero-order valence-corrected chi connectivity index (χ0v) is 8.35. The first-order chi connectivity index (χ1) is 6.06. The summed E-state index contributed by atoms with van der Waals surface area (Å²) in [6.07, 6.45) is 0. The summed E-state index contributed by atoms with van der Waals surface area (Å²) >= 11 is 0. The van der Waals surface area contributed by atoms with Gasteiger partial charge in [0.05, 0.1) is 6.54 Å². The lowest BCUT2D eigenvalue weighted by Crippen LogP contribution is -2.15. The number of nitrogens with two attached hydrogens (primary N) is 1. The molecule has 0 aromatic heterocycles. The molecule has 70 valence electrons. The molecule has 1 aromatic rings. The highest BCUT2D eigenvalue weighted by atomic mass is 16.1. The molecule has 1 aromatic carbocycles. The summed E-state index contributed by atoms with van der Waals surface area (Å²) < 4.78 is 0. The topological polar surface area (TPSA) is 43.1 Å². The van der Waals surface area contributed by atoms with Crippen molar-refractivity contribution in [1.29, 1.82) is 0 Å². The molecule has 0 aliphatic rings. The van der Waals surface area contributed by atoms with Gasteiger partial charge in [0, 0.05) is 5.56 Å². The Morgan fingerprint density at radius 3 is 2.46 bits per heavy atom. The second-order valence-corrected chi connectivity index (χ2v) is 3.38. The van der Waals surface area contributed by atoms with E-state index >= 15 is 0 Å². The zero-order chi connectivity index (χ0) is 10.0. The van der Waals surface area contributed by atoms with Gasteiger partial charge >= 0.3 is 0 Å². The van der Waals surface area contributed by atoms with Crippen LogP contribution in [0.15, 0.2) is 12.1 Å². The van der Waals surface area contributed by atoms with Gasteiger partial charge in [-0.1, -0.05) is 11.6 Å². The molecule has 0 saturated heterocycles. The Hall–Kier alpha value is -1.15. The predicted molar refractivity (Wildman–Crippen MR) is 54.0 cm³/mol. The minimum atomic E-state index is 0.0179. The van der Waals surface area contributed by atoms with E-state index in [1.165, 1.54) is 0 Å². The molecule has 13 heavy (non-hydrogen) atoms. The fourth-order valence-corrected chi connectivity index (χ4v) is 1.44. The Balaban J connectivity index is 3.28. The quantitative estimate of drug-likeness (QED) is 0.699. The third-order valence-corrected chi connectivity index (χ3v) is 2.30. The van der Waals surface area contributed by atoms with Gasteiger partial charge in [-0.25, -0.2) is 0 Å². The molecule has 0 unspecified atom stereocenters. The second kappa shape index (κ2) is 3.71. The molecule has 2 heteroatoms. The van der Waals surface area contributed by atoms with Crippen LogP contribution in [0, 0.1) is 20.8 Å². The van der Waals surface area contributed by atoms with Crippen LogP contribution in [0.1, 0.15) is 27.0 Å². The van der Waals surface area contributed by atoms with Crippen LogP contribution >= 0.6 is 0 Å². The van der Waals surface area contributed by atoms with Crippen LogP contribution in [-0.4, -0.2) is 12.3 Å². The van der Waals surface area contributed by atoms with Crippen LogP contribution in [0.3, 0.4) is 0 Å². The number of carbonyl (C=O) groups excluding carboxylic acids is 1. The van der Waals surface area contributed by atoms with Crippen LogP contribution in [0.4, 0.5) is 0 Å². The molecule has 0 radical (unpaired) electrons. The van der Waals surface area contributed by atoms with Crippen LogP contribution in [-0.2, 0) is 0 Å². The van der Waals surface area contributed by atoms with E-state index in [9.17, 15) is 4.79 Å². The average Bonchev–Trinajstić information content (AvgIpc) is 2.10. The minimum absolute atomic E-state index is 0.0179. The lowest BCUT2D eigenvalue weighted by Gasteiger charge is -2.08. The smallest absolute Gasteiger partial charge is 0.176 e. The minimum Gasteiger partial charge on any atom is -0.324 e. The molecular weight excluding hydrogens is 162 g/mol. The summed E-state index contributed by atoms with van der Waals surface area (Å²) in [6.45, 7) is 6.04. The lowest BCUT2D eigenvalue weighted by atomic mass is 9.97.